The van der Waals surface area contributed by atoms with Gasteiger partial charge in [-0.3, -0.25) is 14.8 Å². The van der Waals surface area contributed by atoms with E-state index in [1.807, 2.05) is 13.0 Å². The second-order valence-corrected chi connectivity index (χ2v) is 11.6. The van der Waals surface area contributed by atoms with Crippen LogP contribution >= 0.6 is 10.0 Å². The molecule has 3 saturated heterocycles. The summed E-state index contributed by atoms with van der Waals surface area (Å²) < 4.78 is 0. The Morgan fingerprint density at radius 1 is 1.24 bits per heavy atom. The van der Waals surface area contributed by atoms with Gasteiger partial charge in [0.05, 0.1) is 6.61 Å². The lowest BCUT2D eigenvalue weighted by atomic mass is 10.1. The minimum absolute atomic E-state index is 0.0987. The summed E-state index contributed by atoms with van der Waals surface area (Å²) in [5.74, 6) is 1.80. The topological polar surface area (TPSA) is 70.6 Å². The number of amides is 1. The molecule has 25 heavy (non-hydrogen) atoms. The number of unbranched alkanes of at least 4 members (excludes halogenated alkanes) is 1. The van der Waals surface area contributed by atoms with Crippen molar-refractivity contribution in [3.05, 3.63) is 23.3 Å². The van der Waals surface area contributed by atoms with Crippen LogP contribution in [0.25, 0.3) is 0 Å². The molecule has 3 heterocycles. The van der Waals surface area contributed by atoms with Gasteiger partial charge < -0.3 is 5.32 Å². The smallest absolute Gasteiger partial charge is 0.220 e. The van der Waals surface area contributed by atoms with Crippen molar-refractivity contribution in [2.24, 2.45) is 0 Å². The molecule has 0 saturated carbocycles. The van der Waals surface area contributed by atoms with Gasteiger partial charge in [0.1, 0.15) is 0 Å². The Kier molecular flexibility index (Phi) is 6.25. The van der Waals surface area contributed by atoms with Gasteiger partial charge >= 0.3 is 0 Å². The Morgan fingerprint density at radius 2 is 2.04 bits per heavy atom. The highest BCUT2D eigenvalue weighted by Gasteiger charge is 2.93. The van der Waals surface area contributed by atoms with E-state index in [0.717, 1.165) is 24.5 Å². The first-order valence-corrected chi connectivity index (χ1v) is 11.4. The first-order valence-electron chi connectivity index (χ1n) is 9.46. The summed E-state index contributed by atoms with van der Waals surface area (Å²) in [7, 11) is 0.0987. The number of nitrogens with one attached hydrogen (secondary N) is 2. The average molecular weight is 369 g/mol. The van der Waals surface area contributed by atoms with Crippen molar-refractivity contribution in [1.82, 2.24) is 11.0 Å². The summed E-state index contributed by atoms with van der Waals surface area (Å²) in [6.07, 6.45) is 10.4. The van der Waals surface area contributed by atoms with Gasteiger partial charge in [-0.2, -0.15) is 0 Å². The van der Waals surface area contributed by atoms with Gasteiger partial charge in [-0.1, -0.05) is 35.4 Å². The second kappa shape index (κ2) is 8.25. The van der Waals surface area contributed by atoms with Gasteiger partial charge in [-0.15, -0.1) is 0 Å². The van der Waals surface area contributed by atoms with E-state index in [4.69, 9.17) is 5.21 Å². The van der Waals surface area contributed by atoms with Crippen LogP contribution in [0.3, 0.4) is 0 Å². The Morgan fingerprint density at radius 3 is 2.72 bits per heavy atom. The molecule has 6 heteroatoms. The highest BCUT2D eigenvalue weighted by molar-refractivity contribution is 8.54. The van der Waals surface area contributed by atoms with Crippen molar-refractivity contribution in [1.29, 1.82) is 0 Å². The third-order valence-electron chi connectivity index (χ3n) is 5.87. The van der Waals surface area contributed by atoms with E-state index < -0.39 is 0 Å². The molecule has 142 valence electrons. The molecular weight excluding hydrogens is 336 g/mol. The first-order chi connectivity index (χ1) is 12.1. The van der Waals surface area contributed by atoms with Crippen molar-refractivity contribution in [2.75, 3.05) is 18.9 Å². The Hall–Kier alpha value is -0.820. The molecule has 0 aromatic heterocycles. The van der Waals surface area contributed by atoms with Gasteiger partial charge in [0.15, 0.2) is 0 Å². The van der Waals surface area contributed by atoms with Crippen molar-refractivity contribution in [3.63, 3.8) is 0 Å². The number of rotatable bonds is 13. The van der Waals surface area contributed by atoms with Crippen LogP contribution in [0.15, 0.2) is 23.3 Å². The van der Waals surface area contributed by atoms with E-state index in [2.05, 4.69) is 23.2 Å². The molecule has 5 nitrogen and oxygen atoms in total. The SMILES string of the molecule is C/C(=C\CONO)CC/C=C(\C)CNC(=O)CCCCC1C2C3CS132. The normalized spacial score (nSPS) is 34.6. The molecule has 3 aliphatic rings. The lowest BCUT2D eigenvalue weighted by Crippen LogP contribution is -2.24. The maximum atomic E-state index is 11.9. The van der Waals surface area contributed by atoms with Crippen LogP contribution in [0.5, 0.6) is 0 Å². The van der Waals surface area contributed by atoms with Crippen molar-refractivity contribution >= 4 is 15.9 Å². The van der Waals surface area contributed by atoms with E-state index in [1.165, 1.54) is 34.5 Å². The number of carbonyl (C=O) groups is 1. The zero-order chi connectivity index (χ0) is 17.9. The summed E-state index contributed by atoms with van der Waals surface area (Å²) >= 11 is 0. The monoisotopic (exact) mass is 368 g/mol. The maximum absolute atomic E-state index is 11.9. The average Bonchev–Trinajstić information content (AvgIpc) is 3.50. The molecule has 3 rings (SSSR count). The first kappa shape index (κ1) is 19.0. The summed E-state index contributed by atoms with van der Waals surface area (Å²) in [4.78, 5) is 16.5. The highest BCUT2D eigenvalue weighted by Crippen LogP contribution is 3.09. The van der Waals surface area contributed by atoms with Gasteiger partial charge in [0.2, 0.25) is 5.91 Å². The number of hydrogen-bond donors (Lipinski definition) is 3. The fraction of sp³-hybridized carbons (Fsp3) is 0.737. The third kappa shape index (κ3) is 4.67. The Balaban J connectivity index is 1.17. The zero-order valence-corrected chi connectivity index (χ0v) is 16.2. The zero-order valence-electron chi connectivity index (χ0n) is 15.4. The van der Waals surface area contributed by atoms with Crippen LogP contribution in [0.4, 0.5) is 0 Å². The van der Waals surface area contributed by atoms with Crippen LogP contribution in [0, 0.1) is 0 Å². The summed E-state index contributed by atoms with van der Waals surface area (Å²) in [5, 5.41) is 14.9. The Labute approximate surface area is 152 Å². The third-order valence-corrected chi connectivity index (χ3v) is 10.7. The number of carbonyl (C=O) groups excluding carboxylic acids is 1. The minimum atomic E-state index is 0.0987. The van der Waals surface area contributed by atoms with Gasteiger partial charge in [0.25, 0.3) is 0 Å². The second-order valence-electron chi connectivity index (χ2n) is 7.68. The van der Waals surface area contributed by atoms with E-state index in [-0.39, 0.29) is 15.9 Å². The number of fused-ring (bicyclic) bond motifs is 1. The van der Waals surface area contributed by atoms with E-state index in [1.54, 1.807) is 11.4 Å². The Bertz CT molecular complexity index is 563. The number of hydrogen-bond acceptors (Lipinski definition) is 4. The van der Waals surface area contributed by atoms with Crippen LogP contribution in [-0.2, 0) is 9.63 Å². The molecule has 1 amide bonds. The van der Waals surface area contributed by atoms with E-state index in [9.17, 15) is 4.79 Å². The standard InChI is InChI=1S/C19H32N2O3S/c1-14(10-11-24-21-23)6-5-7-15(2)12-20-18(22)9-4-3-8-16-19-17-13-25(16,17)19/h7,10,16-17,19,21,23H,3-6,8-9,11-13H2,1-2H3,(H,20,22)/b14-10+,15-7+. The molecular formula is C19H32N2O3S. The van der Waals surface area contributed by atoms with E-state index in [0.29, 0.717) is 19.6 Å². The maximum Gasteiger partial charge on any atom is 0.220 e. The van der Waals surface area contributed by atoms with Crippen molar-refractivity contribution < 1.29 is 14.8 Å². The lowest BCUT2D eigenvalue weighted by molar-refractivity contribution is -0.121. The lowest BCUT2D eigenvalue weighted by Gasteiger charge is -2.07. The van der Waals surface area contributed by atoms with Gasteiger partial charge in [-0.25, -0.2) is 10.0 Å². The molecule has 0 radical (unpaired) electrons. The van der Waals surface area contributed by atoms with E-state index >= 15 is 0 Å². The minimum Gasteiger partial charge on any atom is -0.352 e. The molecule has 0 aromatic carbocycles. The summed E-state index contributed by atoms with van der Waals surface area (Å²) in [5.41, 5.74) is 4.08. The molecule has 3 fully saturated rings. The van der Waals surface area contributed by atoms with Gasteiger partial charge in [0, 0.05) is 28.7 Å². The van der Waals surface area contributed by atoms with Crippen LogP contribution in [-0.4, -0.2) is 45.8 Å². The molecule has 0 aromatic rings. The van der Waals surface area contributed by atoms with Crippen LogP contribution in [0.1, 0.15) is 52.4 Å². The van der Waals surface area contributed by atoms with Crippen molar-refractivity contribution in [3.8, 4) is 0 Å². The molecule has 0 aliphatic carbocycles. The molecule has 3 N–H and O–H groups in total. The summed E-state index contributed by atoms with van der Waals surface area (Å²) in [6.45, 7) is 5.11. The van der Waals surface area contributed by atoms with Crippen molar-refractivity contribution in [2.45, 2.75) is 68.1 Å². The molecule has 3 aliphatic heterocycles. The van der Waals surface area contributed by atoms with Crippen LogP contribution < -0.4 is 11.0 Å². The highest BCUT2D eigenvalue weighted by atomic mass is 32.3. The molecule has 1 spiro atoms. The quantitative estimate of drug-likeness (QED) is 0.202. The number of allylic oxidation sites excluding steroid dienone is 2. The summed E-state index contributed by atoms with van der Waals surface area (Å²) in [6, 6.07) is 0. The fourth-order valence-electron chi connectivity index (χ4n) is 4.01. The largest absolute Gasteiger partial charge is 0.352 e. The molecule has 0 bridgehead atoms. The van der Waals surface area contributed by atoms with Gasteiger partial charge in [-0.05, 0) is 45.3 Å². The predicted octanol–water partition coefficient (Wildman–Crippen LogP) is 3.20. The fourth-order valence-corrected chi connectivity index (χ4v) is 9.35. The molecule has 4 atom stereocenters. The molecule has 4 unspecified atom stereocenters. The predicted molar refractivity (Wildman–Crippen MR) is 103 cm³/mol. The van der Waals surface area contributed by atoms with Crippen LogP contribution in [0.2, 0.25) is 0 Å².